The van der Waals surface area contributed by atoms with Crippen molar-refractivity contribution < 1.29 is 29.2 Å². The summed E-state index contributed by atoms with van der Waals surface area (Å²) in [5, 5.41) is 31.2. The molecular formula is C25H26O7. The minimum Gasteiger partial charge on any atom is -0.508 e. The molecule has 1 aromatic heterocycles. The standard InChI is InChI=1S/C25H26O7/c1-5-31-14(2)10-19(16-6-8-17(26)9-7-16)24-15(3)25(21(28)13-20(24)27)22-11-18(30-4)12-23(29)32-22/h6-9,11-13,19,26-28H,2,5,10H2,1,3-4H3. The molecule has 3 aromatic rings. The lowest BCUT2D eigenvalue weighted by Crippen LogP contribution is -2.08. The van der Waals surface area contributed by atoms with Crippen molar-refractivity contribution in [2.75, 3.05) is 13.7 Å². The van der Waals surface area contributed by atoms with Crippen molar-refractivity contribution in [3.8, 4) is 34.3 Å². The van der Waals surface area contributed by atoms with Gasteiger partial charge in [0.2, 0.25) is 0 Å². The molecule has 0 radical (unpaired) electrons. The first-order valence-corrected chi connectivity index (χ1v) is 10.1. The molecule has 1 atom stereocenters. The van der Waals surface area contributed by atoms with Crippen LogP contribution in [0.5, 0.6) is 23.0 Å². The smallest absolute Gasteiger partial charge is 0.339 e. The second-order valence-electron chi connectivity index (χ2n) is 7.33. The second-order valence-corrected chi connectivity index (χ2v) is 7.33. The summed E-state index contributed by atoms with van der Waals surface area (Å²) in [6.45, 7) is 7.99. The molecule has 1 heterocycles. The van der Waals surface area contributed by atoms with E-state index in [0.717, 1.165) is 5.56 Å². The van der Waals surface area contributed by atoms with Crippen LogP contribution >= 0.6 is 0 Å². The zero-order chi connectivity index (χ0) is 23.4. The third-order valence-electron chi connectivity index (χ3n) is 5.23. The molecular weight excluding hydrogens is 412 g/mol. The Kier molecular flexibility index (Phi) is 6.78. The molecule has 3 N–H and O–H groups in total. The van der Waals surface area contributed by atoms with Crippen LogP contribution in [-0.4, -0.2) is 29.0 Å². The molecule has 0 bridgehead atoms. The van der Waals surface area contributed by atoms with Crippen LogP contribution in [0.3, 0.4) is 0 Å². The molecule has 32 heavy (non-hydrogen) atoms. The zero-order valence-corrected chi connectivity index (χ0v) is 18.2. The highest BCUT2D eigenvalue weighted by Crippen LogP contribution is 2.45. The molecule has 3 rings (SSSR count). The number of hydrogen-bond donors (Lipinski definition) is 3. The van der Waals surface area contributed by atoms with Gasteiger partial charge in [0.05, 0.1) is 31.1 Å². The van der Waals surface area contributed by atoms with E-state index >= 15 is 0 Å². The van der Waals surface area contributed by atoms with E-state index in [1.165, 1.54) is 25.3 Å². The van der Waals surface area contributed by atoms with Gasteiger partial charge in [-0.15, -0.1) is 0 Å². The number of benzene rings is 2. The molecule has 0 aliphatic carbocycles. The molecule has 168 valence electrons. The lowest BCUT2D eigenvalue weighted by Gasteiger charge is -2.24. The Morgan fingerprint density at radius 3 is 2.41 bits per heavy atom. The maximum absolute atomic E-state index is 12.0. The Balaban J connectivity index is 2.24. The highest BCUT2D eigenvalue weighted by Gasteiger charge is 2.26. The predicted molar refractivity (Wildman–Crippen MR) is 120 cm³/mol. The van der Waals surface area contributed by atoms with E-state index in [-0.39, 0.29) is 34.3 Å². The average molecular weight is 438 g/mol. The molecule has 7 nitrogen and oxygen atoms in total. The Bertz CT molecular complexity index is 1180. The normalized spacial score (nSPS) is 11.7. The van der Waals surface area contributed by atoms with Gasteiger partial charge < -0.3 is 29.2 Å². The summed E-state index contributed by atoms with van der Waals surface area (Å²) in [6, 6.07) is 10.5. The first-order valence-electron chi connectivity index (χ1n) is 10.1. The number of phenolic OH excluding ortho intramolecular Hbond substituents is 3. The summed E-state index contributed by atoms with van der Waals surface area (Å²) in [7, 11) is 1.42. The van der Waals surface area contributed by atoms with Gasteiger partial charge in [-0.05, 0) is 37.1 Å². The molecule has 0 aliphatic heterocycles. The Morgan fingerprint density at radius 2 is 1.78 bits per heavy atom. The largest absolute Gasteiger partial charge is 0.508 e. The molecule has 1 unspecified atom stereocenters. The van der Waals surface area contributed by atoms with Crippen molar-refractivity contribution in [2.45, 2.75) is 26.2 Å². The molecule has 0 saturated carbocycles. The fourth-order valence-electron chi connectivity index (χ4n) is 3.83. The van der Waals surface area contributed by atoms with Crippen molar-refractivity contribution in [1.82, 2.24) is 0 Å². The molecule has 2 aromatic carbocycles. The lowest BCUT2D eigenvalue weighted by atomic mass is 9.82. The van der Waals surface area contributed by atoms with Crippen LogP contribution in [-0.2, 0) is 4.74 Å². The number of hydrogen-bond acceptors (Lipinski definition) is 7. The number of rotatable bonds is 8. The summed E-state index contributed by atoms with van der Waals surface area (Å²) in [5.41, 5.74) is 1.45. The molecule has 7 heteroatoms. The van der Waals surface area contributed by atoms with Crippen molar-refractivity contribution >= 4 is 0 Å². The van der Waals surface area contributed by atoms with Crippen LogP contribution < -0.4 is 10.4 Å². The zero-order valence-electron chi connectivity index (χ0n) is 18.2. The predicted octanol–water partition coefficient (Wildman–Crippen LogP) is 4.81. The van der Waals surface area contributed by atoms with E-state index < -0.39 is 11.5 Å². The van der Waals surface area contributed by atoms with Gasteiger partial charge in [0, 0.05) is 30.0 Å². The Morgan fingerprint density at radius 1 is 1.09 bits per heavy atom. The van der Waals surface area contributed by atoms with Crippen LogP contribution in [0.2, 0.25) is 0 Å². The van der Waals surface area contributed by atoms with Gasteiger partial charge in [-0.3, -0.25) is 0 Å². The third-order valence-corrected chi connectivity index (χ3v) is 5.23. The van der Waals surface area contributed by atoms with Crippen molar-refractivity contribution in [2.24, 2.45) is 0 Å². The van der Waals surface area contributed by atoms with Gasteiger partial charge in [0.1, 0.15) is 28.8 Å². The van der Waals surface area contributed by atoms with Crippen molar-refractivity contribution in [3.63, 3.8) is 0 Å². The molecule has 0 spiro atoms. The molecule has 0 saturated heterocycles. The maximum Gasteiger partial charge on any atom is 0.339 e. The van der Waals surface area contributed by atoms with Crippen molar-refractivity contribution in [3.05, 3.63) is 81.9 Å². The van der Waals surface area contributed by atoms with E-state index in [4.69, 9.17) is 13.9 Å². The highest BCUT2D eigenvalue weighted by molar-refractivity contribution is 5.74. The number of methoxy groups -OCH3 is 1. The van der Waals surface area contributed by atoms with Gasteiger partial charge in [0.15, 0.2) is 0 Å². The second kappa shape index (κ2) is 9.51. The SMILES string of the molecule is C=C(CC(c1ccc(O)cc1)c1c(O)cc(O)c(-c2cc(OC)cc(=O)o2)c1C)OCC. The van der Waals surface area contributed by atoms with Crippen LogP contribution in [0.25, 0.3) is 11.3 Å². The first-order chi connectivity index (χ1) is 15.2. The molecule has 0 aliphatic rings. The van der Waals surface area contributed by atoms with Crippen LogP contribution in [0.15, 0.2) is 64.0 Å². The summed E-state index contributed by atoms with van der Waals surface area (Å²) < 4.78 is 16.0. The van der Waals surface area contributed by atoms with Crippen LogP contribution in [0.4, 0.5) is 0 Å². The minimum absolute atomic E-state index is 0.110. The lowest BCUT2D eigenvalue weighted by molar-refractivity contribution is 0.217. The van der Waals surface area contributed by atoms with E-state index in [1.54, 1.807) is 31.2 Å². The number of phenols is 3. The van der Waals surface area contributed by atoms with Crippen LogP contribution in [0, 0.1) is 6.92 Å². The molecule has 0 amide bonds. The van der Waals surface area contributed by atoms with E-state index in [9.17, 15) is 20.1 Å². The number of allylic oxidation sites excluding steroid dienone is 1. The van der Waals surface area contributed by atoms with E-state index in [1.807, 2.05) is 6.92 Å². The third kappa shape index (κ3) is 4.72. The highest BCUT2D eigenvalue weighted by atomic mass is 16.5. The van der Waals surface area contributed by atoms with Gasteiger partial charge in [-0.1, -0.05) is 18.7 Å². The first kappa shape index (κ1) is 22.8. The Hall–Kier alpha value is -3.87. The summed E-state index contributed by atoms with van der Waals surface area (Å²) >= 11 is 0. The monoisotopic (exact) mass is 438 g/mol. The summed E-state index contributed by atoms with van der Waals surface area (Å²) in [6.07, 6.45) is 0.347. The van der Waals surface area contributed by atoms with E-state index in [2.05, 4.69) is 6.58 Å². The van der Waals surface area contributed by atoms with Gasteiger partial charge in [0.25, 0.3) is 0 Å². The number of aromatic hydroxyl groups is 3. The molecule has 0 fully saturated rings. The topological polar surface area (TPSA) is 109 Å². The summed E-state index contributed by atoms with van der Waals surface area (Å²) in [4.78, 5) is 12.0. The fraction of sp³-hybridized carbons (Fsp3) is 0.240. The van der Waals surface area contributed by atoms with Crippen molar-refractivity contribution in [1.29, 1.82) is 0 Å². The van der Waals surface area contributed by atoms with Crippen LogP contribution in [0.1, 0.15) is 36.0 Å². The van der Waals surface area contributed by atoms with Gasteiger partial charge in [-0.25, -0.2) is 4.79 Å². The van der Waals surface area contributed by atoms with Gasteiger partial charge in [-0.2, -0.15) is 0 Å². The number of ether oxygens (including phenoxy) is 2. The van der Waals surface area contributed by atoms with E-state index in [0.29, 0.717) is 29.9 Å². The quantitative estimate of drug-likeness (QED) is 0.433. The fourth-order valence-corrected chi connectivity index (χ4v) is 3.83. The van der Waals surface area contributed by atoms with Gasteiger partial charge >= 0.3 is 5.63 Å². The average Bonchev–Trinajstić information content (AvgIpc) is 2.73. The maximum atomic E-state index is 12.0. The summed E-state index contributed by atoms with van der Waals surface area (Å²) in [5.74, 6) is 0.243. The minimum atomic E-state index is -0.632. The Labute approximate surface area is 185 Å².